The maximum Gasteiger partial charge on any atom is 0.472 e. The molecule has 276 valence electrons. The summed E-state index contributed by atoms with van der Waals surface area (Å²) in [5.41, 5.74) is 0. The third-order valence-electron chi connectivity index (χ3n) is 7.80. The Balaban J connectivity index is 4.00. The molecular weight excluding hydrogens is 625 g/mol. The highest BCUT2D eigenvalue weighted by molar-refractivity contribution is 7.47. The lowest BCUT2D eigenvalue weighted by Gasteiger charge is -2.18. The van der Waals surface area contributed by atoms with Crippen LogP contribution in [0.3, 0.4) is 0 Å². The number of esters is 1. The Morgan fingerprint density at radius 2 is 1.11 bits per heavy atom. The summed E-state index contributed by atoms with van der Waals surface area (Å²) in [6.07, 6.45) is 26.8. The van der Waals surface area contributed by atoms with Crippen LogP contribution in [0.5, 0.6) is 0 Å². The molecule has 0 saturated carbocycles. The molecule has 11 nitrogen and oxygen atoms in total. The third kappa shape index (κ3) is 31.3. The fourth-order valence-electron chi connectivity index (χ4n) is 4.90. The minimum Gasteiger partial charge on any atom is -0.480 e. The summed E-state index contributed by atoms with van der Waals surface area (Å²) in [5.74, 6) is -2.38. The molecule has 0 heterocycles. The fourth-order valence-corrected chi connectivity index (χ4v) is 5.67. The molecule has 3 unspecified atom stereocenters. The van der Waals surface area contributed by atoms with E-state index in [0.29, 0.717) is 12.8 Å². The van der Waals surface area contributed by atoms with Crippen molar-refractivity contribution in [3.8, 4) is 0 Å². The number of nitrogens with one attached hydrogen (secondary N) is 1. The van der Waals surface area contributed by atoms with E-state index in [9.17, 15) is 34.1 Å². The van der Waals surface area contributed by atoms with Crippen molar-refractivity contribution in [3.05, 3.63) is 12.2 Å². The molecule has 47 heavy (non-hydrogen) atoms. The average Bonchev–Trinajstić information content (AvgIpc) is 3.04. The van der Waals surface area contributed by atoms with E-state index >= 15 is 0 Å². The SMILES string of the molecule is CCCCC/C=C\CCCCCCCC(=O)NC(COP(=O)(O)OCC(O)COC(=O)CCCCCCCCCCCCC)C(=O)O. The zero-order valence-corrected chi connectivity index (χ0v) is 30.2. The first-order chi connectivity index (χ1) is 22.6. The Bertz CT molecular complexity index is 869. The highest BCUT2D eigenvalue weighted by Gasteiger charge is 2.28. The monoisotopic (exact) mass is 691 g/mol. The highest BCUT2D eigenvalue weighted by Crippen LogP contribution is 2.43. The van der Waals surface area contributed by atoms with Crippen LogP contribution in [0.25, 0.3) is 0 Å². The van der Waals surface area contributed by atoms with Crippen molar-refractivity contribution < 1.29 is 47.8 Å². The molecular formula is C35H66NO10P. The molecule has 0 aromatic heterocycles. The van der Waals surface area contributed by atoms with Crippen LogP contribution in [0.1, 0.15) is 162 Å². The van der Waals surface area contributed by atoms with Crippen molar-refractivity contribution in [2.75, 3.05) is 19.8 Å². The van der Waals surface area contributed by atoms with E-state index in [2.05, 4.69) is 31.3 Å². The summed E-state index contributed by atoms with van der Waals surface area (Å²) in [4.78, 5) is 45.5. The molecule has 0 rings (SSSR count). The van der Waals surface area contributed by atoms with Crippen molar-refractivity contribution in [2.24, 2.45) is 0 Å². The number of carbonyl (C=O) groups is 3. The van der Waals surface area contributed by atoms with Gasteiger partial charge in [-0.2, -0.15) is 0 Å². The van der Waals surface area contributed by atoms with Gasteiger partial charge >= 0.3 is 19.8 Å². The van der Waals surface area contributed by atoms with E-state index in [0.717, 1.165) is 57.8 Å². The number of aliphatic hydroxyl groups excluding tert-OH is 1. The summed E-state index contributed by atoms with van der Waals surface area (Å²) in [6, 6.07) is -1.54. The van der Waals surface area contributed by atoms with Gasteiger partial charge in [0.15, 0.2) is 6.04 Å². The lowest BCUT2D eigenvalue weighted by molar-refractivity contribution is -0.147. The van der Waals surface area contributed by atoms with Crippen molar-refractivity contribution in [1.82, 2.24) is 5.32 Å². The number of carboxylic acid groups (broad SMARTS) is 1. The molecule has 0 fully saturated rings. The van der Waals surface area contributed by atoms with E-state index in [1.165, 1.54) is 64.2 Å². The third-order valence-corrected chi connectivity index (χ3v) is 8.76. The van der Waals surface area contributed by atoms with Gasteiger partial charge in [0.1, 0.15) is 12.7 Å². The van der Waals surface area contributed by atoms with Gasteiger partial charge in [0.25, 0.3) is 0 Å². The van der Waals surface area contributed by atoms with Gasteiger partial charge in [0.05, 0.1) is 13.2 Å². The number of allylic oxidation sites excluding steroid dienone is 2. The van der Waals surface area contributed by atoms with E-state index in [-0.39, 0.29) is 12.8 Å². The largest absolute Gasteiger partial charge is 0.480 e. The van der Waals surface area contributed by atoms with Gasteiger partial charge in [0, 0.05) is 12.8 Å². The first-order valence-electron chi connectivity index (χ1n) is 18.2. The van der Waals surface area contributed by atoms with Crippen LogP contribution < -0.4 is 5.32 Å². The lowest BCUT2D eigenvalue weighted by atomic mass is 10.1. The van der Waals surface area contributed by atoms with E-state index in [4.69, 9.17) is 13.8 Å². The van der Waals surface area contributed by atoms with Gasteiger partial charge in [-0.3, -0.25) is 18.6 Å². The number of carboxylic acids is 1. The van der Waals surface area contributed by atoms with Crippen LogP contribution >= 0.6 is 7.82 Å². The number of unbranched alkanes of at least 4 members (excludes halogenated alkanes) is 18. The molecule has 0 aromatic rings. The topological polar surface area (TPSA) is 169 Å². The summed E-state index contributed by atoms with van der Waals surface area (Å²) in [7, 11) is -4.74. The second-order valence-electron chi connectivity index (χ2n) is 12.4. The predicted molar refractivity (Wildman–Crippen MR) is 185 cm³/mol. The molecule has 0 aliphatic carbocycles. The molecule has 0 spiro atoms. The van der Waals surface area contributed by atoms with Crippen LogP contribution in [0, 0.1) is 0 Å². The summed E-state index contributed by atoms with van der Waals surface area (Å²) >= 11 is 0. The van der Waals surface area contributed by atoms with Crippen molar-refractivity contribution in [2.45, 2.75) is 174 Å². The Kier molecular flexibility index (Phi) is 30.3. The van der Waals surface area contributed by atoms with Crippen molar-refractivity contribution >= 4 is 25.7 Å². The summed E-state index contributed by atoms with van der Waals surface area (Å²) in [6.45, 7) is 2.52. The first-order valence-corrected chi connectivity index (χ1v) is 19.7. The van der Waals surface area contributed by atoms with Gasteiger partial charge in [-0.1, -0.05) is 122 Å². The molecule has 12 heteroatoms. The molecule has 0 aliphatic rings. The Morgan fingerprint density at radius 1 is 0.660 bits per heavy atom. The lowest BCUT2D eigenvalue weighted by Crippen LogP contribution is -2.43. The summed E-state index contributed by atoms with van der Waals surface area (Å²) < 4.78 is 26.6. The normalized spacial score (nSPS) is 14.1. The Labute approximate surface area is 284 Å². The van der Waals surface area contributed by atoms with Gasteiger partial charge in [0.2, 0.25) is 5.91 Å². The van der Waals surface area contributed by atoms with Crippen LogP contribution in [0.2, 0.25) is 0 Å². The van der Waals surface area contributed by atoms with Gasteiger partial charge in [-0.25, -0.2) is 9.36 Å². The number of phosphoric ester groups is 1. The zero-order valence-electron chi connectivity index (χ0n) is 29.3. The number of rotatable bonds is 34. The number of phosphoric acid groups is 1. The maximum atomic E-state index is 12.2. The van der Waals surface area contributed by atoms with Gasteiger partial charge in [-0.15, -0.1) is 0 Å². The number of aliphatic hydroxyl groups is 1. The van der Waals surface area contributed by atoms with E-state index in [1.54, 1.807) is 0 Å². The second kappa shape index (κ2) is 31.5. The standard InChI is InChI=1S/C35H66NO10P/c1-3-5-7-9-11-13-15-17-18-20-22-24-26-33(38)36-32(35(40)41)30-46-47(42,43)45-29-31(37)28-44-34(39)27-25-23-21-19-16-14-12-10-8-6-4-2/h11,13,31-32,37H,3-10,12,14-30H2,1-2H3,(H,36,38)(H,40,41)(H,42,43)/b13-11-. The molecule has 0 radical (unpaired) electrons. The number of carbonyl (C=O) groups excluding carboxylic acids is 2. The van der Waals surface area contributed by atoms with Crippen LogP contribution in [0.4, 0.5) is 0 Å². The van der Waals surface area contributed by atoms with Crippen LogP contribution in [-0.2, 0) is 32.7 Å². The second-order valence-corrected chi connectivity index (χ2v) is 13.9. The molecule has 1 amide bonds. The number of hydrogen-bond acceptors (Lipinski definition) is 8. The Morgan fingerprint density at radius 3 is 1.66 bits per heavy atom. The number of ether oxygens (including phenoxy) is 1. The van der Waals surface area contributed by atoms with E-state index < -0.39 is 57.6 Å². The maximum absolute atomic E-state index is 12.2. The van der Waals surface area contributed by atoms with Gasteiger partial charge < -0.3 is 25.2 Å². The minimum atomic E-state index is -4.74. The first kappa shape index (κ1) is 45.2. The fraction of sp³-hybridized carbons (Fsp3) is 0.857. The predicted octanol–water partition coefficient (Wildman–Crippen LogP) is 8.16. The molecule has 4 N–H and O–H groups in total. The molecule has 3 atom stereocenters. The van der Waals surface area contributed by atoms with E-state index in [1.807, 2.05) is 0 Å². The molecule has 0 aliphatic heterocycles. The summed E-state index contributed by atoms with van der Waals surface area (Å²) in [5, 5.41) is 21.7. The highest BCUT2D eigenvalue weighted by atomic mass is 31.2. The molecule has 0 saturated heterocycles. The van der Waals surface area contributed by atoms with Crippen LogP contribution in [-0.4, -0.2) is 64.9 Å². The van der Waals surface area contributed by atoms with Crippen molar-refractivity contribution in [3.63, 3.8) is 0 Å². The molecule has 0 aromatic carbocycles. The Hall–Kier alpha value is -1.78. The zero-order chi connectivity index (χ0) is 35.0. The quantitative estimate of drug-likeness (QED) is 0.0224. The minimum absolute atomic E-state index is 0.137. The number of amides is 1. The number of hydrogen-bond donors (Lipinski definition) is 4. The molecule has 0 bridgehead atoms. The smallest absolute Gasteiger partial charge is 0.472 e. The number of aliphatic carboxylic acids is 1. The van der Waals surface area contributed by atoms with Crippen LogP contribution in [0.15, 0.2) is 12.2 Å². The average molecular weight is 692 g/mol. The van der Waals surface area contributed by atoms with Gasteiger partial charge in [-0.05, 0) is 38.5 Å². The van der Waals surface area contributed by atoms with Crippen molar-refractivity contribution in [1.29, 1.82) is 0 Å².